The van der Waals surface area contributed by atoms with Crippen molar-refractivity contribution in [3.8, 4) is 45.3 Å². The summed E-state index contributed by atoms with van der Waals surface area (Å²) in [6, 6.07) is 13.6. The Kier molecular flexibility index (Phi) is 16.0. The number of anilines is 3. The van der Waals surface area contributed by atoms with Crippen molar-refractivity contribution in [1.82, 2.24) is 61.8 Å². The molecule has 9 aliphatic heterocycles. The third-order valence-electron chi connectivity index (χ3n) is 19.2. The van der Waals surface area contributed by atoms with Crippen LogP contribution in [0.5, 0.6) is 11.9 Å². The van der Waals surface area contributed by atoms with E-state index in [-0.39, 0.29) is 49.7 Å². The van der Waals surface area contributed by atoms with E-state index in [1.54, 1.807) is 24.8 Å². The number of methoxy groups -OCH3 is 2. The number of fused-ring (bicyclic) bond motifs is 12. The first-order valence-corrected chi connectivity index (χ1v) is 30.9. The number of hydrogen-bond acceptors (Lipinski definition) is 23. The van der Waals surface area contributed by atoms with Gasteiger partial charge in [-0.2, -0.15) is 4.98 Å². The fourth-order valence-electron chi connectivity index (χ4n) is 15.6. The molecule has 3 aromatic carbocycles. The van der Waals surface area contributed by atoms with Crippen molar-refractivity contribution in [2.24, 2.45) is 16.2 Å². The van der Waals surface area contributed by atoms with Crippen LogP contribution in [0.15, 0.2) is 96.7 Å². The number of benzene rings is 3. The maximum Gasteiger partial charge on any atom is 0.344 e. The number of imide groups is 6. The number of ether oxygens (including phenoxy) is 5. The van der Waals surface area contributed by atoms with Crippen molar-refractivity contribution < 1.29 is 66.8 Å². The van der Waals surface area contributed by atoms with Gasteiger partial charge >= 0.3 is 29.8 Å². The lowest BCUT2D eigenvalue weighted by Crippen LogP contribution is -2.75. The number of aromatic nitrogens is 6. The van der Waals surface area contributed by atoms with Gasteiger partial charge < -0.3 is 43.4 Å². The average Bonchev–Trinajstić information content (AvgIpc) is 0.724. The maximum atomic E-state index is 13.3. The minimum atomic E-state index is -1.53. The molecule has 7 N–H and O–H groups in total. The Bertz CT molecular complexity index is 4200. The number of aromatic amines is 1. The summed E-state index contributed by atoms with van der Waals surface area (Å²) < 4.78 is 28.6. The number of amides is 12. The predicted octanol–water partition coefficient (Wildman–Crippen LogP) is 2.41. The number of nitrogens with one attached hydrogen (secondary N) is 7. The quantitative estimate of drug-likeness (QED) is 0.122. The fourth-order valence-corrected chi connectivity index (χ4v) is 15.6. The second-order valence-electron chi connectivity index (χ2n) is 25.1. The molecule has 6 fully saturated rings. The highest BCUT2D eigenvalue weighted by atomic mass is 16.5. The number of carbonyl (C=O) groups is 9. The molecule has 30 heteroatoms. The van der Waals surface area contributed by atoms with Crippen LogP contribution < -0.4 is 61.8 Å². The molecule has 12 heterocycles. The van der Waals surface area contributed by atoms with Crippen LogP contribution in [-0.2, 0) is 62.2 Å². The van der Waals surface area contributed by atoms with Crippen LogP contribution in [-0.4, -0.2) is 172 Å². The van der Waals surface area contributed by atoms with E-state index in [0.29, 0.717) is 36.6 Å². The van der Waals surface area contributed by atoms with E-state index in [0.717, 1.165) is 56.0 Å². The Morgan fingerprint density at radius 2 is 0.832 bits per heavy atom. The minimum Gasteiger partial charge on any atom is -0.480 e. The first kappa shape index (κ1) is 63.2. The summed E-state index contributed by atoms with van der Waals surface area (Å²) in [6.07, 6.45) is 8.42. The highest BCUT2D eigenvalue weighted by molar-refractivity contribution is 6.22. The molecule has 95 heavy (non-hydrogen) atoms. The number of carbonyl (C=O) groups excluding carboxylic acids is 9. The molecule has 12 amide bonds. The normalized spacial score (nSPS) is 26.3. The zero-order chi connectivity index (χ0) is 67.2. The van der Waals surface area contributed by atoms with E-state index in [2.05, 4.69) is 71.6 Å². The Morgan fingerprint density at radius 3 is 1.20 bits per heavy atom. The van der Waals surface area contributed by atoms with E-state index >= 15 is 0 Å². The van der Waals surface area contributed by atoms with Gasteiger partial charge in [0.25, 0.3) is 0 Å². The molecule has 6 aromatic rings. The Balaban J connectivity index is 0.000000129. The van der Waals surface area contributed by atoms with Crippen LogP contribution in [0.2, 0.25) is 0 Å². The molecule has 0 saturated carbocycles. The molecule has 9 aliphatic rings. The molecule has 15 rings (SSSR count). The summed E-state index contributed by atoms with van der Waals surface area (Å²) >= 11 is 0. The third kappa shape index (κ3) is 10.6. The second kappa shape index (κ2) is 24.1. The molecule has 0 aliphatic carbocycles. The standard InChI is InChI=1S/C23H25N5O6.C21H21N5O5.C21H21N5O4/c1-11-10-28-16-6-5-13(15-9-24-22(33-4)25-18(15)32-3)7-14(16)8-23(17(28)12(2)34-11)19(29)26-21(31)27-20(23)30;1-10-9-26-15-4-3-12(14-7-22-19(29)23-8-14)5-13(15)6-21(16(26)11(2)31-10)17(27)24-20(30)25-18(21)28;1-11-9-26-16-4-3-13(15-7-22-10-23-8-15)5-14(16)6-21(17(26)12(2)30-11)18(27)24-20(29)25-19(21)28/h5-7,9,11-12,17H,8,10H2,1-4H3,(H2,26,27,29,30,31);3-5,7-8,10-11,16H,6,9H2,1-2H3,(H,22,23,29)(H2,24,25,27,28,30);3-5,7-8,10-12,17H,6,9H2,1-2H3,(H2,24,25,27,28,29)/t11-,12+,17-;10-,11+,16-;11-,12+,17-/m111/s1. The molecule has 3 spiro atoms. The Hall–Kier alpha value is -10.6. The van der Waals surface area contributed by atoms with E-state index in [1.807, 2.05) is 101 Å². The Labute approximate surface area is 542 Å². The number of rotatable bonds is 5. The highest BCUT2D eigenvalue weighted by Gasteiger charge is 2.66. The van der Waals surface area contributed by atoms with Gasteiger partial charge in [0.2, 0.25) is 41.3 Å². The lowest BCUT2D eigenvalue weighted by atomic mass is 9.66. The lowest BCUT2D eigenvalue weighted by molar-refractivity contribution is -0.154. The smallest absolute Gasteiger partial charge is 0.344 e. The SMILES string of the molecule is COc1ncc(-c2ccc3c(c2)CC2(C(=O)NC(=O)NC2=O)[C@H]2[C@H](C)O[C@H](C)CN32)c(OC)n1.C[C@@H]1CN2c3ccc(-c4cnc(=O)[nH]c4)cc3CC3(C(=O)NC(=O)NC3=O)[C@H]2[C@H](C)O1.C[C@@H]1CN2c3ccc(-c4cncnc4)cc3CC3(C(=O)NC(=O)NC3=O)[C@H]2[C@H](C)O1. The van der Waals surface area contributed by atoms with Gasteiger partial charge in [0, 0.05) is 78.8 Å². The summed E-state index contributed by atoms with van der Waals surface area (Å²) in [6.45, 7) is 12.9. The van der Waals surface area contributed by atoms with Crippen LogP contribution >= 0.6 is 0 Å². The van der Waals surface area contributed by atoms with E-state index in [1.165, 1.54) is 26.7 Å². The monoisotopic (exact) mass is 1300 g/mol. The number of barbiturate groups is 3. The summed E-state index contributed by atoms with van der Waals surface area (Å²) in [5, 5.41) is 13.7. The fraction of sp³-hybridized carbons (Fsp3) is 0.400. The summed E-state index contributed by atoms with van der Waals surface area (Å²) in [5.41, 5.74) is 4.89. The molecule has 30 nitrogen and oxygen atoms in total. The number of morpholine rings is 3. The van der Waals surface area contributed by atoms with Gasteiger partial charge in [0.1, 0.15) is 6.33 Å². The Morgan fingerprint density at radius 1 is 0.453 bits per heavy atom. The molecule has 3 aromatic heterocycles. The lowest BCUT2D eigenvalue weighted by Gasteiger charge is -2.55. The van der Waals surface area contributed by atoms with Crippen molar-refractivity contribution in [2.45, 2.75) is 116 Å². The van der Waals surface area contributed by atoms with Crippen molar-refractivity contribution in [3.63, 3.8) is 0 Å². The molecule has 492 valence electrons. The van der Waals surface area contributed by atoms with E-state index in [9.17, 15) is 47.9 Å². The topological polar surface area (TPSA) is 379 Å². The van der Waals surface area contributed by atoms with Gasteiger partial charge in [-0.25, -0.2) is 39.1 Å². The summed E-state index contributed by atoms with van der Waals surface area (Å²) in [7, 11) is 2.98. The number of H-pyrrole nitrogens is 1. The molecule has 0 radical (unpaired) electrons. The minimum absolute atomic E-state index is 0.0715. The van der Waals surface area contributed by atoms with Crippen molar-refractivity contribution in [1.29, 1.82) is 0 Å². The van der Waals surface area contributed by atoms with Gasteiger partial charge in [0.15, 0.2) is 16.2 Å². The first-order valence-electron chi connectivity index (χ1n) is 30.9. The van der Waals surface area contributed by atoms with Gasteiger partial charge in [-0.1, -0.05) is 18.2 Å². The predicted molar refractivity (Wildman–Crippen MR) is 335 cm³/mol. The van der Waals surface area contributed by atoms with Crippen LogP contribution in [0.1, 0.15) is 58.2 Å². The summed E-state index contributed by atoms with van der Waals surface area (Å²) in [4.78, 5) is 155. The van der Waals surface area contributed by atoms with Crippen molar-refractivity contribution >= 4 is 70.6 Å². The van der Waals surface area contributed by atoms with Crippen molar-refractivity contribution in [3.05, 3.63) is 119 Å². The van der Waals surface area contributed by atoms with Crippen LogP contribution in [0, 0.1) is 16.2 Å². The third-order valence-corrected chi connectivity index (χ3v) is 19.2. The van der Waals surface area contributed by atoms with Gasteiger partial charge in [-0.3, -0.25) is 60.7 Å². The zero-order valence-electron chi connectivity index (χ0n) is 52.8. The number of nitrogens with zero attached hydrogens (tertiary/aromatic N) is 8. The van der Waals surface area contributed by atoms with Crippen LogP contribution in [0.25, 0.3) is 33.4 Å². The zero-order valence-corrected chi connectivity index (χ0v) is 52.8. The highest BCUT2D eigenvalue weighted by Crippen LogP contribution is 2.51. The van der Waals surface area contributed by atoms with Crippen molar-refractivity contribution in [2.75, 3.05) is 48.6 Å². The molecular weight excluding hydrogens is 1230 g/mol. The largest absolute Gasteiger partial charge is 0.480 e. The number of urea groups is 3. The molecule has 6 saturated heterocycles. The molecular formula is C65H67N15O15. The molecule has 0 unspecified atom stereocenters. The first-order chi connectivity index (χ1) is 45.5. The summed E-state index contributed by atoms with van der Waals surface area (Å²) in [5.74, 6) is -3.33. The van der Waals surface area contributed by atoms with Gasteiger partial charge in [0.05, 0.1) is 74.5 Å². The molecule has 0 bridgehead atoms. The van der Waals surface area contributed by atoms with Crippen LogP contribution in [0.4, 0.5) is 31.4 Å². The van der Waals surface area contributed by atoms with Gasteiger partial charge in [-0.05, 0) is 131 Å². The van der Waals surface area contributed by atoms with E-state index < -0.39 is 106 Å². The van der Waals surface area contributed by atoms with Crippen LogP contribution in [0.3, 0.4) is 0 Å². The van der Waals surface area contributed by atoms with Gasteiger partial charge in [-0.15, -0.1) is 0 Å². The molecule has 9 atom stereocenters. The van der Waals surface area contributed by atoms with E-state index in [4.69, 9.17) is 23.7 Å². The average molecular weight is 1300 g/mol. The maximum absolute atomic E-state index is 13.3. The second-order valence-corrected chi connectivity index (χ2v) is 25.1. The number of hydrogen-bond donors (Lipinski definition) is 7.